The first-order valence-corrected chi connectivity index (χ1v) is 14.8. The number of fused-ring (bicyclic) bond motifs is 1. The van der Waals surface area contributed by atoms with Gasteiger partial charge in [-0.3, -0.25) is 0 Å². The molecule has 1 aromatic rings. The molecular formula is C32H54BNO4. The van der Waals surface area contributed by atoms with E-state index in [-0.39, 0.29) is 41.3 Å². The largest absolute Gasteiger partial charge is 0.457 e. The second-order valence-corrected chi connectivity index (χ2v) is 15.0. The molecule has 2 aliphatic heterocycles. The van der Waals surface area contributed by atoms with Gasteiger partial charge in [0.15, 0.2) is 0 Å². The van der Waals surface area contributed by atoms with E-state index in [4.69, 9.17) is 14.0 Å². The van der Waals surface area contributed by atoms with E-state index in [1.165, 1.54) is 11.1 Å². The monoisotopic (exact) mass is 527 g/mol. The Kier molecular flexibility index (Phi) is 9.10. The van der Waals surface area contributed by atoms with Crippen molar-refractivity contribution in [3.63, 3.8) is 0 Å². The molecule has 2 heterocycles. The average molecular weight is 528 g/mol. The molecule has 5 nitrogen and oxygen atoms in total. The van der Waals surface area contributed by atoms with Crippen molar-refractivity contribution < 1.29 is 18.8 Å². The van der Waals surface area contributed by atoms with Crippen LogP contribution in [-0.4, -0.2) is 41.0 Å². The first-order chi connectivity index (χ1) is 17.3. The standard InChI is InChI=1S/C32H54BNO4/c1-28(2,3)32(11,19-14-15-21-33-37-30(7,8)31(9,10)38-33)20-18-26-22-24-16-12-13-17-25(24)23-34(26)27(35)36-29(4,5)6/h12-13,16-17,26H,14-15,18-23H2,1-11H3. The number of hydrogen-bond donors (Lipinski definition) is 0. The third kappa shape index (κ3) is 7.35. The molecule has 3 rings (SSSR count). The fraction of sp³-hybridized carbons (Fsp3) is 0.781. The number of amides is 1. The van der Waals surface area contributed by atoms with Gasteiger partial charge in [0.25, 0.3) is 0 Å². The Labute approximate surface area is 233 Å². The predicted octanol–water partition coefficient (Wildman–Crippen LogP) is 8.44. The van der Waals surface area contributed by atoms with Crippen LogP contribution in [0.1, 0.15) is 119 Å². The van der Waals surface area contributed by atoms with Crippen LogP contribution in [-0.2, 0) is 27.0 Å². The normalized spacial score (nSPS) is 22.7. The number of nitrogens with zero attached hydrogens (tertiary/aromatic N) is 1. The molecule has 1 fully saturated rings. The summed E-state index contributed by atoms with van der Waals surface area (Å²) in [5.74, 6) is 0. The zero-order valence-corrected chi connectivity index (χ0v) is 26.2. The third-order valence-electron chi connectivity index (χ3n) is 9.54. The zero-order chi connectivity index (χ0) is 28.6. The van der Waals surface area contributed by atoms with Gasteiger partial charge in [0.05, 0.1) is 11.2 Å². The summed E-state index contributed by atoms with van der Waals surface area (Å²) < 4.78 is 18.3. The highest BCUT2D eigenvalue weighted by Gasteiger charge is 2.50. The molecule has 1 amide bonds. The maximum absolute atomic E-state index is 13.3. The summed E-state index contributed by atoms with van der Waals surface area (Å²) in [6.45, 7) is 24.5. The van der Waals surface area contributed by atoms with Crippen LogP contribution in [0.2, 0.25) is 6.32 Å². The summed E-state index contributed by atoms with van der Waals surface area (Å²) >= 11 is 0. The summed E-state index contributed by atoms with van der Waals surface area (Å²) in [5.41, 5.74) is 1.86. The van der Waals surface area contributed by atoms with E-state index in [0.29, 0.717) is 6.54 Å². The van der Waals surface area contributed by atoms with Crippen LogP contribution in [0.4, 0.5) is 4.79 Å². The maximum Gasteiger partial charge on any atom is 0.457 e. The molecule has 0 radical (unpaired) electrons. The summed E-state index contributed by atoms with van der Waals surface area (Å²) in [6.07, 6.45) is 7.03. The van der Waals surface area contributed by atoms with Crippen molar-refractivity contribution in [2.24, 2.45) is 10.8 Å². The molecule has 2 unspecified atom stereocenters. The number of hydrogen-bond acceptors (Lipinski definition) is 4. The Morgan fingerprint density at radius 1 is 0.947 bits per heavy atom. The predicted molar refractivity (Wildman–Crippen MR) is 157 cm³/mol. The topological polar surface area (TPSA) is 48.0 Å². The molecule has 214 valence electrons. The zero-order valence-electron chi connectivity index (χ0n) is 26.2. The Morgan fingerprint density at radius 3 is 2.08 bits per heavy atom. The number of carbonyl (C=O) groups excluding carboxylic acids is 1. The highest BCUT2D eigenvalue weighted by Crippen LogP contribution is 2.47. The van der Waals surface area contributed by atoms with E-state index in [2.05, 4.69) is 79.7 Å². The van der Waals surface area contributed by atoms with Crippen LogP contribution in [0, 0.1) is 10.8 Å². The van der Waals surface area contributed by atoms with Gasteiger partial charge >= 0.3 is 13.2 Å². The Morgan fingerprint density at radius 2 is 1.53 bits per heavy atom. The van der Waals surface area contributed by atoms with Crippen LogP contribution >= 0.6 is 0 Å². The van der Waals surface area contributed by atoms with E-state index in [1.54, 1.807) is 0 Å². The van der Waals surface area contributed by atoms with Gasteiger partial charge in [0.2, 0.25) is 0 Å². The van der Waals surface area contributed by atoms with Crippen LogP contribution in [0.3, 0.4) is 0 Å². The first kappa shape index (κ1) is 31.0. The minimum atomic E-state index is -0.504. The quantitative estimate of drug-likeness (QED) is 0.251. The molecule has 0 aromatic heterocycles. The van der Waals surface area contributed by atoms with Gasteiger partial charge in [-0.15, -0.1) is 0 Å². The highest BCUT2D eigenvalue weighted by molar-refractivity contribution is 6.45. The minimum absolute atomic E-state index is 0.120. The lowest BCUT2D eigenvalue weighted by Crippen LogP contribution is -2.47. The lowest BCUT2D eigenvalue weighted by molar-refractivity contribution is 0.00578. The number of unbranched alkanes of at least 4 members (excludes halogenated alkanes) is 1. The highest BCUT2D eigenvalue weighted by atomic mass is 16.7. The molecular weight excluding hydrogens is 473 g/mol. The van der Waals surface area contributed by atoms with Crippen LogP contribution in [0.5, 0.6) is 0 Å². The molecule has 0 bridgehead atoms. The lowest BCUT2D eigenvalue weighted by Gasteiger charge is -2.45. The smallest absolute Gasteiger partial charge is 0.444 e. The van der Waals surface area contributed by atoms with E-state index in [0.717, 1.165) is 44.8 Å². The van der Waals surface area contributed by atoms with Crippen LogP contribution in [0.15, 0.2) is 24.3 Å². The number of benzene rings is 1. The molecule has 1 aromatic carbocycles. The summed E-state index contributed by atoms with van der Waals surface area (Å²) in [5, 5.41) is 0. The van der Waals surface area contributed by atoms with Crippen molar-refractivity contribution in [3.05, 3.63) is 35.4 Å². The van der Waals surface area contributed by atoms with Gasteiger partial charge in [-0.1, -0.05) is 64.8 Å². The van der Waals surface area contributed by atoms with E-state index in [9.17, 15) is 4.79 Å². The number of rotatable bonds is 8. The lowest BCUT2D eigenvalue weighted by atomic mass is 9.62. The van der Waals surface area contributed by atoms with Crippen molar-refractivity contribution in [3.8, 4) is 0 Å². The van der Waals surface area contributed by atoms with E-state index < -0.39 is 5.60 Å². The molecule has 0 saturated carbocycles. The Balaban J connectivity index is 1.64. The van der Waals surface area contributed by atoms with Gasteiger partial charge in [-0.2, -0.15) is 0 Å². The van der Waals surface area contributed by atoms with Gasteiger partial charge in [-0.05, 0) is 102 Å². The molecule has 0 N–H and O–H groups in total. The van der Waals surface area contributed by atoms with Gasteiger partial charge in [0.1, 0.15) is 5.60 Å². The Bertz CT molecular complexity index is 945. The molecule has 0 aliphatic carbocycles. The van der Waals surface area contributed by atoms with Crippen molar-refractivity contribution in [2.75, 3.05) is 0 Å². The van der Waals surface area contributed by atoms with Crippen molar-refractivity contribution in [1.29, 1.82) is 0 Å². The summed E-state index contributed by atoms with van der Waals surface area (Å²) in [4.78, 5) is 15.2. The second kappa shape index (κ2) is 11.2. The summed E-state index contributed by atoms with van der Waals surface area (Å²) in [7, 11) is -0.120. The summed E-state index contributed by atoms with van der Waals surface area (Å²) in [6, 6.07) is 8.67. The fourth-order valence-corrected chi connectivity index (χ4v) is 5.65. The van der Waals surface area contributed by atoms with Crippen molar-refractivity contribution in [1.82, 2.24) is 4.90 Å². The van der Waals surface area contributed by atoms with Crippen LogP contribution in [0.25, 0.3) is 0 Å². The second-order valence-electron chi connectivity index (χ2n) is 15.0. The SMILES string of the molecule is CC(C)(C)OC(=O)N1Cc2ccccc2CC1CCC(C)(CCCCB1OC(C)(C)C(C)(C)O1)C(C)(C)C. The average Bonchev–Trinajstić information content (AvgIpc) is 2.98. The number of carbonyl (C=O) groups is 1. The third-order valence-corrected chi connectivity index (χ3v) is 9.54. The molecule has 2 aliphatic rings. The maximum atomic E-state index is 13.3. The molecule has 1 saturated heterocycles. The Hall–Kier alpha value is -1.53. The minimum Gasteiger partial charge on any atom is -0.444 e. The van der Waals surface area contributed by atoms with Crippen molar-refractivity contribution >= 4 is 13.2 Å². The fourth-order valence-electron chi connectivity index (χ4n) is 5.65. The molecule has 2 atom stereocenters. The van der Waals surface area contributed by atoms with Gasteiger partial charge < -0.3 is 18.9 Å². The number of ether oxygens (including phenoxy) is 1. The molecule has 0 spiro atoms. The molecule has 38 heavy (non-hydrogen) atoms. The molecule has 6 heteroatoms. The van der Waals surface area contributed by atoms with Crippen LogP contribution < -0.4 is 0 Å². The first-order valence-electron chi connectivity index (χ1n) is 14.8. The van der Waals surface area contributed by atoms with Gasteiger partial charge in [0, 0.05) is 12.6 Å². The van der Waals surface area contributed by atoms with Crippen molar-refractivity contribution in [2.45, 2.75) is 150 Å². The van der Waals surface area contributed by atoms with E-state index in [1.807, 2.05) is 25.7 Å². The van der Waals surface area contributed by atoms with Gasteiger partial charge in [-0.25, -0.2) is 4.79 Å². The van der Waals surface area contributed by atoms with E-state index >= 15 is 0 Å².